The molecular weight excluding hydrogens is 504 g/mol. The Morgan fingerprint density at radius 2 is 2.12 bits per heavy atom. The number of hydrogen-bond donors (Lipinski definition) is 1. The highest BCUT2D eigenvalue weighted by Gasteiger charge is 2.77. The number of hydrogen-bond acceptors (Lipinski definition) is 6. The van der Waals surface area contributed by atoms with Gasteiger partial charge in [-0.15, -0.1) is 6.58 Å². The summed E-state index contributed by atoms with van der Waals surface area (Å²) in [7, 11) is 0. The zero-order chi connectivity index (χ0) is 25.2. The van der Waals surface area contributed by atoms with Gasteiger partial charge in [-0.25, -0.2) is 0 Å². The minimum absolute atomic E-state index is 0.0408. The van der Waals surface area contributed by atoms with Crippen LogP contribution < -0.4 is 0 Å². The molecule has 9 heteroatoms. The summed E-state index contributed by atoms with van der Waals surface area (Å²) >= 11 is 3.66. The summed E-state index contributed by atoms with van der Waals surface area (Å²) in [5, 5.41) is 10.4. The van der Waals surface area contributed by atoms with Crippen molar-refractivity contribution in [1.29, 1.82) is 0 Å². The number of carbonyl (C=O) groups excluding carboxylic acids is 3. The molecule has 2 bridgehead atoms. The first kappa shape index (κ1) is 27.1. The number of aliphatic hydroxyl groups excluding tert-OH is 1. The van der Waals surface area contributed by atoms with Crippen molar-refractivity contribution in [3.8, 4) is 0 Å². The fraction of sp³-hybridized carbons (Fsp3) is 0.800. The highest BCUT2D eigenvalue weighted by molar-refractivity contribution is 9.09. The van der Waals surface area contributed by atoms with Gasteiger partial charge in [0.1, 0.15) is 11.6 Å². The number of rotatable bonds is 12. The minimum Gasteiger partial charge on any atom is -0.466 e. The number of carbonyl (C=O) groups is 3. The maximum atomic E-state index is 14.2. The molecule has 34 heavy (non-hydrogen) atoms. The van der Waals surface area contributed by atoms with E-state index in [1.807, 2.05) is 13.8 Å². The van der Waals surface area contributed by atoms with Gasteiger partial charge in [0.2, 0.25) is 11.8 Å². The predicted octanol–water partition coefficient (Wildman–Crippen LogP) is 2.52. The quantitative estimate of drug-likeness (QED) is 0.231. The van der Waals surface area contributed by atoms with E-state index in [-0.39, 0.29) is 35.8 Å². The molecule has 0 radical (unpaired) electrons. The molecular formula is C25H39BrN2O6. The molecule has 3 heterocycles. The molecule has 0 aromatic carbocycles. The standard InChI is InChI=1S/C25H39BrN2O6/c1-6-10-12-27(11-7-2)23(31)21-25-13-16(26)20(34-25)18(24(32)33-9-4)19(25)22(30)28(21)17(14-29)15(5)8-3/h7,15-21,29H,2,6,8-14H2,1,3-5H3/t15-,16?,17-,18-,19-,20-,21?,25?/m0/s1. The minimum atomic E-state index is -1.14. The summed E-state index contributed by atoms with van der Waals surface area (Å²) in [6.07, 6.45) is 4.05. The van der Waals surface area contributed by atoms with Gasteiger partial charge in [-0.3, -0.25) is 14.4 Å². The Morgan fingerprint density at radius 3 is 2.68 bits per heavy atom. The molecule has 0 aromatic heterocycles. The van der Waals surface area contributed by atoms with Gasteiger partial charge in [-0.05, 0) is 25.7 Å². The molecule has 0 aliphatic carbocycles. The number of fused-ring (bicyclic) bond motifs is 1. The summed E-state index contributed by atoms with van der Waals surface area (Å²) in [5.41, 5.74) is -1.14. The first-order valence-corrected chi connectivity index (χ1v) is 13.5. The third-order valence-corrected chi connectivity index (χ3v) is 8.65. The van der Waals surface area contributed by atoms with Gasteiger partial charge >= 0.3 is 5.97 Å². The van der Waals surface area contributed by atoms with Crippen LogP contribution in [-0.4, -0.2) is 87.6 Å². The van der Waals surface area contributed by atoms with E-state index in [1.165, 1.54) is 0 Å². The fourth-order valence-corrected chi connectivity index (χ4v) is 6.94. The Hall–Kier alpha value is -1.45. The van der Waals surface area contributed by atoms with Crippen molar-refractivity contribution in [2.24, 2.45) is 17.8 Å². The summed E-state index contributed by atoms with van der Waals surface area (Å²) in [6.45, 7) is 12.4. The van der Waals surface area contributed by atoms with Crippen molar-refractivity contribution in [1.82, 2.24) is 9.80 Å². The smallest absolute Gasteiger partial charge is 0.312 e. The van der Waals surface area contributed by atoms with E-state index in [2.05, 4.69) is 29.4 Å². The molecule has 3 fully saturated rings. The van der Waals surface area contributed by atoms with Crippen LogP contribution in [-0.2, 0) is 23.9 Å². The van der Waals surface area contributed by atoms with E-state index in [0.717, 1.165) is 19.3 Å². The van der Waals surface area contributed by atoms with Crippen LogP contribution in [0.4, 0.5) is 0 Å². The third-order valence-electron chi connectivity index (χ3n) is 7.81. The summed E-state index contributed by atoms with van der Waals surface area (Å²) in [6, 6.07) is -1.47. The number of aliphatic hydroxyl groups is 1. The molecule has 1 spiro atoms. The molecule has 3 saturated heterocycles. The van der Waals surface area contributed by atoms with Crippen LogP contribution in [0.1, 0.15) is 53.4 Å². The normalized spacial score (nSPS) is 33.5. The van der Waals surface area contributed by atoms with E-state index in [4.69, 9.17) is 9.47 Å². The van der Waals surface area contributed by atoms with Gasteiger partial charge in [-0.2, -0.15) is 0 Å². The zero-order valence-electron chi connectivity index (χ0n) is 20.7. The highest BCUT2D eigenvalue weighted by atomic mass is 79.9. The van der Waals surface area contributed by atoms with Crippen LogP contribution in [0.3, 0.4) is 0 Å². The van der Waals surface area contributed by atoms with Crippen LogP contribution in [0, 0.1) is 17.8 Å². The van der Waals surface area contributed by atoms with E-state index in [1.54, 1.807) is 22.8 Å². The number of esters is 1. The fourth-order valence-electron chi connectivity index (χ4n) is 6.00. The molecule has 2 amide bonds. The van der Waals surface area contributed by atoms with Crippen molar-refractivity contribution < 1.29 is 29.0 Å². The highest BCUT2D eigenvalue weighted by Crippen LogP contribution is 2.61. The predicted molar refractivity (Wildman–Crippen MR) is 131 cm³/mol. The third kappa shape index (κ3) is 4.32. The summed E-state index contributed by atoms with van der Waals surface area (Å²) in [5.74, 6) is -2.62. The largest absolute Gasteiger partial charge is 0.466 e. The average molecular weight is 543 g/mol. The van der Waals surface area contributed by atoms with Crippen molar-refractivity contribution in [2.75, 3.05) is 26.3 Å². The zero-order valence-corrected chi connectivity index (χ0v) is 22.3. The first-order valence-electron chi connectivity index (χ1n) is 12.5. The molecule has 3 aliphatic rings. The van der Waals surface area contributed by atoms with E-state index >= 15 is 0 Å². The van der Waals surface area contributed by atoms with E-state index in [0.29, 0.717) is 19.5 Å². The van der Waals surface area contributed by atoms with Crippen molar-refractivity contribution in [3.05, 3.63) is 12.7 Å². The molecule has 3 rings (SSSR count). The Bertz CT molecular complexity index is 793. The Labute approximate surface area is 211 Å². The molecule has 1 N–H and O–H groups in total. The van der Waals surface area contributed by atoms with Crippen LogP contribution in [0.25, 0.3) is 0 Å². The number of ether oxygens (including phenoxy) is 2. The monoisotopic (exact) mass is 542 g/mol. The summed E-state index contributed by atoms with van der Waals surface area (Å²) < 4.78 is 11.8. The summed E-state index contributed by atoms with van der Waals surface area (Å²) in [4.78, 5) is 44.3. The van der Waals surface area contributed by atoms with Crippen LogP contribution in [0.5, 0.6) is 0 Å². The second-order valence-corrected chi connectivity index (χ2v) is 10.9. The van der Waals surface area contributed by atoms with Crippen LogP contribution >= 0.6 is 15.9 Å². The topological polar surface area (TPSA) is 96.4 Å². The maximum absolute atomic E-state index is 14.2. The van der Waals surface area contributed by atoms with Crippen LogP contribution in [0.15, 0.2) is 12.7 Å². The number of amides is 2. The van der Waals surface area contributed by atoms with Gasteiger partial charge in [0.25, 0.3) is 0 Å². The first-order chi connectivity index (χ1) is 16.2. The number of unbranched alkanes of at least 4 members (excludes halogenated alkanes) is 1. The molecule has 0 saturated carbocycles. The SMILES string of the molecule is C=CCN(CCCC)C(=O)C1N([C@@H](CO)[C@@H](C)CC)C(=O)[C@@H]2[C@H](C(=O)OCC)[C@H]3OC12CC3Br. The lowest BCUT2D eigenvalue weighted by Gasteiger charge is -2.41. The lowest BCUT2D eigenvalue weighted by molar-refractivity contribution is -0.156. The Morgan fingerprint density at radius 1 is 1.41 bits per heavy atom. The van der Waals surface area contributed by atoms with Gasteiger partial charge < -0.3 is 24.4 Å². The van der Waals surface area contributed by atoms with Gasteiger partial charge in [0.05, 0.1) is 37.2 Å². The van der Waals surface area contributed by atoms with Gasteiger partial charge in [0, 0.05) is 17.9 Å². The van der Waals surface area contributed by atoms with Gasteiger partial charge in [-0.1, -0.05) is 55.6 Å². The molecule has 192 valence electrons. The molecule has 8 atom stereocenters. The second-order valence-electron chi connectivity index (χ2n) is 9.72. The molecule has 3 unspecified atom stereocenters. The molecule has 0 aromatic rings. The number of nitrogens with zero attached hydrogens (tertiary/aromatic N) is 2. The number of likely N-dealkylation sites (tertiary alicyclic amines) is 1. The second kappa shape index (κ2) is 11.1. The Balaban J connectivity index is 2.12. The van der Waals surface area contributed by atoms with E-state index in [9.17, 15) is 19.5 Å². The average Bonchev–Trinajstić information content (AvgIpc) is 3.40. The van der Waals surface area contributed by atoms with Crippen molar-refractivity contribution in [3.63, 3.8) is 0 Å². The number of alkyl halides is 1. The van der Waals surface area contributed by atoms with Crippen molar-refractivity contribution in [2.45, 2.75) is 82.0 Å². The number of halogens is 1. The van der Waals surface area contributed by atoms with E-state index < -0.39 is 41.6 Å². The van der Waals surface area contributed by atoms with Crippen molar-refractivity contribution >= 4 is 33.7 Å². The lowest BCUT2D eigenvalue weighted by Crippen LogP contribution is -2.60. The maximum Gasteiger partial charge on any atom is 0.312 e. The lowest BCUT2D eigenvalue weighted by atomic mass is 9.70. The van der Waals surface area contributed by atoms with Gasteiger partial charge in [0.15, 0.2) is 0 Å². The molecule has 8 nitrogen and oxygen atoms in total. The molecule has 3 aliphatic heterocycles. The Kier molecular flexibility index (Phi) is 8.85. The van der Waals surface area contributed by atoms with Crippen LogP contribution in [0.2, 0.25) is 0 Å².